The van der Waals surface area contributed by atoms with Gasteiger partial charge in [-0.25, -0.2) is 4.21 Å². The van der Waals surface area contributed by atoms with Crippen molar-refractivity contribution < 1.29 is 76.6 Å². The SMILES string of the molecule is O=S([O-])C[C@@H]1[C@@H]2CC[C@@H](C2)[C@H]1CSSC[C@@H]1[C@H]2CC[C@H](C2)[C@H]1CS(=O)O.[Na+].[Na+]. The molecule has 4 bridgehead atoms. The van der Waals surface area contributed by atoms with Crippen LogP contribution in [0.3, 0.4) is 0 Å². The average Bonchev–Trinajstić information content (AvgIpc) is 3.33. The molecule has 4 fully saturated rings. The van der Waals surface area contributed by atoms with Gasteiger partial charge >= 0.3 is 59.1 Å². The summed E-state index contributed by atoms with van der Waals surface area (Å²) < 4.78 is 43.1. The molecule has 10 heteroatoms. The number of fused-ring (bicyclic) bond motifs is 4. The molecule has 1 N–H and O–H groups in total. The van der Waals surface area contributed by atoms with E-state index >= 15 is 0 Å². The Morgan fingerprint density at radius 2 is 1.14 bits per heavy atom. The molecule has 10 atom stereocenters. The molecule has 0 aromatic rings. The fourth-order valence-electron chi connectivity index (χ4n) is 6.67. The number of hydrogen-bond donors (Lipinski definition) is 1. The predicted molar refractivity (Wildman–Crippen MR) is 110 cm³/mol. The molecule has 0 aromatic heterocycles. The predicted octanol–water partition coefficient (Wildman–Crippen LogP) is -2.20. The van der Waals surface area contributed by atoms with E-state index in [2.05, 4.69) is 0 Å². The van der Waals surface area contributed by atoms with E-state index in [1.165, 1.54) is 38.5 Å². The summed E-state index contributed by atoms with van der Waals surface area (Å²) in [5.41, 5.74) is 0. The molecule has 0 aliphatic heterocycles. The molecule has 4 aliphatic rings. The van der Waals surface area contributed by atoms with Crippen LogP contribution in [0.25, 0.3) is 0 Å². The third kappa shape index (κ3) is 6.28. The van der Waals surface area contributed by atoms with Gasteiger partial charge in [0.05, 0.1) is 5.75 Å². The van der Waals surface area contributed by atoms with Gasteiger partial charge in [0.15, 0.2) is 11.1 Å². The van der Waals surface area contributed by atoms with Gasteiger partial charge in [0, 0.05) is 17.3 Å². The van der Waals surface area contributed by atoms with Crippen LogP contribution in [0.5, 0.6) is 0 Å². The molecule has 0 amide bonds. The van der Waals surface area contributed by atoms with E-state index in [9.17, 15) is 17.5 Å². The summed E-state index contributed by atoms with van der Waals surface area (Å²) in [6.45, 7) is 0. The smallest absolute Gasteiger partial charge is 0.772 e. The van der Waals surface area contributed by atoms with Crippen molar-refractivity contribution >= 4 is 43.7 Å². The van der Waals surface area contributed by atoms with Crippen molar-refractivity contribution in [2.45, 2.75) is 38.5 Å². The molecule has 150 valence electrons. The second-order valence-electron chi connectivity index (χ2n) is 8.85. The molecule has 0 spiro atoms. The van der Waals surface area contributed by atoms with Gasteiger partial charge in [0.2, 0.25) is 0 Å². The molecule has 0 radical (unpaired) electrons. The van der Waals surface area contributed by atoms with E-state index in [4.69, 9.17) is 0 Å². The van der Waals surface area contributed by atoms with E-state index in [0.29, 0.717) is 47.0 Å². The Bertz CT molecular complexity index is 522. The van der Waals surface area contributed by atoms with Crippen molar-refractivity contribution in [2.24, 2.45) is 47.3 Å². The Balaban J connectivity index is 0.00000140. The molecule has 0 saturated heterocycles. The van der Waals surface area contributed by atoms with Crippen molar-refractivity contribution in [3.8, 4) is 0 Å². The van der Waals surface area contributed by atoms with E-state index in [1.54, 1.807) is 0 Å². The molecular formula is C18H29Na2O4S4+. The van der Waals surface area contributed by atoms with Crippen LogP contribution in [0, 0.1) is 47.3 Å². The maximum absolute atomic E-state index is 11.3. The van der Waals surface area contributed by atoms with Crippen molar-refractivity contribution in [1.82, 2.24) is 0 Å². The first-order valence-electron chi connectivity index (χ1n) is 9.90. The zero-order valence-corrected chi connectivity index (χ0v) is 24.3. The largest absolute Gasteiger partial charge is 1.00 e. The standard InChI is InChI=1S/C18H30O4S4.2Na/c19-25(20)9-17-13-3-1-11(5-13)15(17)7-23-24-8-16-12-2-4-14(6-12)18(16)10-26(21)22;;/h11-18H,1-10H2,(H,19,20)(H,21,22);;/q;2*+1/p-1/t11-,12-,13+,14+,15+,16+,17+,18+;;/m0../s1. The molecule has 4 saturated carbocycles. The monoisotopic (exact) mass is 483 g/mol. The summed E-state index contributed by atoms with van der Waals surface area (Å²) in [6.07, 6.45) is 7.58. The fraction of sp³-hybridized carbons (Fsp3) is 1.00. The van der Waals surface area contributed by atoms with Gasteiger partial charge in [-0.3, -0.25) is 4.21 Å². The van der Waals surface area contributed by atoms with Gasteiger partial charge in [-0.15, -0.1) is 0 Å². The van der Waals surface area contributed by atoms with E-state index < -0.39 is 22.2 Å². The first kappa shape index (κ1) is 27.2. The summed E-state index contributed by atoms with van der Waals surface area (Å²) in [5, 5.41) is 0. The zero-order valence-electron chi connectivity index (χ0n) is 17.0. The minimum atomic E-state index is -1.92. The van der Waals surface area contributed by atoms with Gasteiger partial charge in [0.25, 0.3) is 0 Å². The van der Waals surface area contributed by atoms with Gasteiger partial charge in [-0.1, -0.05) is 32.7 Å². The fourth-order valence-corrected chi connectivity index (χ4v) is 11.4. The summed E-state index contributed by atoms with van der Waals surface area (Å²) in [4.78, 5) is 0. The molecule has 0 aromatic carbocycles. The topological polar surface area (TPSA) is 77.4 Å². The molecule has 4 aliphatic carbocycles. The molecule has 0 heterocycles. The molecule has 2 unspecified atom stereocenters. The van der Waals surface area contributed by atoms with E-state index in [0.717, 1.165) is 23.3 Å². The second-order valence-corrected chi connectivity index (χ2v) is 13.3. The van der Waals surface area contributed by atoms with Gasteiger partial charge in [-0.2, -0.15) is 0 Å². The minimum Gasteiger partial charge on any atom is -0.772 e. The molecule has 4 rings (SSSR count). The van der Waals surface area contributed by atoms with Crippen LogP contribution in [-0.4, -0.2) is 40.5 Å². The zero-order chi connectivity index (χ0) is 18.3. The van der Waals surface area contributed by atoms with Crippen LogP contribution in [-0.2, 0) is 22.2 Å². The Morgan fingerprint density at radius 1 is 0.750 bits per heavy atom. The van der Waals surface area contributed by atoms with Crippen molar-refractivity contribution in [3.05, 3.63) is 0 Å². The van der Waals surface area contributed by atoms with Crippen LogP contribution < -0.4 is 59.1 Å². The van der Waals surface area contributed by atoms with E-state index in [1.807, 2.05) is 21.6 Å². The molecular weight excluding hydrogens is 454 g/mol. The van der Waals surface area contributed by atoms with Crippen molar-refractivity contribution in [2.75, 3.05) is 23.0 Å². The van der Waals surface area contributed by atoms with Gasteiger partial charge in [-0.05, 0) is 85.9 Å². The normalized spacial score (nSPS) is 42.8. The maximum atomic E-state index is 11.3. The number of hydrogen-bond acceptors (Lipinski definition) is 5. The Labute approximate surface area is 226 Å². The van der Waals surface area contributed by atoms with Gasteiger partial charge in [0.1, 0.15) is 0 Å². The second kappa shape index (κ2) is 12.4. The molecule has 28 heavy (non-hydrogen) atoms. The number of rotatable bonds is 9. The third-order valence-electron chi connectivity index (χ3n) is 7.82. The van der Waals surface area contributed by atoms with Crippen molar-refractivity contribution in [1.29, 1.82) is 0 Å². The maximum Gasteiger partial charge on any atom is 1.00 e. The minimum absolute atomic E-state index is 0. The third-order valence-corrected chi connectivity index (χ3v) is 11.7. The Kier molecular flexibility index (Phi) is 12.0. The van der Waals surface area contributed by atoms with Crippen LogP contribution in [0.2, 0.25) is 0 Å². The van der Waals surface area contributed by atoms with Crippen molar-refractivity contribution in [3.63, 3.8) is 0 Å². The summed E-state index contributed by atoms with van der Waals surface area (Å²) >= 11 is -3.59. The Hall–Kier alpha value is 2.92. The first-order valence-corrected chi connectivity index (χ1v) is 14.9. The van der Waals surface area contributed by atoms with Crippen LogP contribution >= 0.6 is 21.6 Å². The van der Waals surface area contributed by atoms with Crippen LogP contribution in [0.4, 0.5) is 0 Å². The summed E-state index contributed by atoms with van der Waals surface area (Å²) in [7, 11) is 3.87. The average molecular weight is 484 g/mol. The van der Waals surface area contributed by atoms with Crippen LogP contribution in [0.15, 0.2) is 0 Å². The van der Waals surface area contributed by atoms with Gasteiger partial charge < -0.3 is 9.11 Å². The molecule has 4 nitrogen and oxygen atoms in total. The quantitative estimate of drug-likeness (QED) is 0.174. The first-order chi connectivity index (χ1) is 12.5. The van der Waals surface area contributed by atoms with Crippen LogP contribution in [0.1, 0.15) is 38.5 Å². The Morgan fingerprint density at radius 3 is 1.54 bits per heavy atom. The summed E-state index contributed by atoms with van der Waals surface area (Å²) in [5.74, 6) is 7.80. The van der Waals surface area contributed by atoms with E-state index in [-0.39, 0.29) is 59.1 Å². The summed E-state index contributed by atoms with van der Waals surface area (Å²) in [6, 6.07) is 0.